The Balaban J connectivity index is 1.61. The molecular weight excluding hydrogens is 416 g/mol. The average molecular weight is 445 g/mol. The van der Waals surface area contributed by atoms with Crippen molar-refractivity contribution in [3.63, 3.8) is 0 Å². The Bertz CT molecular complexity index is 1380. The molecule has 0 atom stereocenters. The highest BCUT2D eigenvalue weighted by molar-refractivity contribution is 6.13. The summed E-state index contributed by atoms with van der Waals surface area (Å²) in [6, 6.07) is 10.2. The predicted molar refractivity (Wildman–Crippen MR) is 130 cm³/mol. The molecule has 9 heteroatoms. The Labute approximate surface area is 191 Å². The number of carbonyl (C=O) groups is 1. The van der Waals surface area contributed by atoms with Crippen LogP contribution < -0.4 is 15.5 Å². The van der Waals surface area contributed by atoms with E-state index in [4.69, 9.17) is 4.98 Å². The van der Waals surface area contributed by atoms with Gasteiger partial charge in [0.15, 0.2) is 17.1 Å². The standard InChI is InChI=1S/C24H28N8O/c1-25-21-16-14-19(31-11-5-10-30(2)12-13-31)28-29-22(16)32-18-7-4-3-6-17(18)27-23(32)20(21)24(33)26-15-8-9-15/h3-4,6-7,14-15,25H,5,8-13H2,1-2H3,(H,26,33). The number of nitrogens with zero attached hydrogens (tertiary/aromatic N) is 6. The predicted octanol–water partition coefficient (Wildman–Crippen LogP) is 2.51. The van der Waals surface area contributed by atoms with Gasteiger partial charge in [-0.1, -0.05) is 12.1 Å². The van der Waals surface area contributed by atoms with E-state index in [9.17, 15) is 4.79 Å². The third-order valence-electron chi connectivity index (χ3n) is 6.71. The Kier molecular flexibility index (Phi) is 4.79. The average Bonchev–Trinajstić information content (AvgIpc) is 3.59. The van der Waals surface area contributed by atoms with Crippen LogP contribution in [-0.4, -0.2) is 76.7 Å². The van der Waals surface area contributed by atoms with Crippen LogP contribution in [0.5, 0.6) is 0 Å². The van der Waals surface area contributed by atoms with E-state index in [0.29, 0.717) is 16.9 Å². The molecule has 2 fully saturated rings. The van der Waals surface area contributed by atoms with E-state index in [1.165, 1.54) is 0 Å². The summed E-state index contributed by atoms with van der Waals surface area (Å²) >= 11 is 0. The van der Waals surface area contributed by atoms with Crippen molar-refractivity contribution in [3.05, 3.63) is 35.9 Å². The zero-order valence-corrected chi connectivity index (χ0v) is 19.0. The van der Waals surface area contributed by atoms with Gasteiger partial charge >= 0.3 is 0 Å². The molecule has 170 valence electrons. The van der Waals surface area contributed by atoms with Gasteiger partial charge in [-0.05, 0) is 51.1 Å². The molecule has 6 rings (SSSR count). The number of hydrogen-bond acceptors (Lipinski definition) is 7. The van der Waals surface area contributed by atoms with Gasteiger partial charge in [0.05, 0.1) is 16.7 Å². The van der Waals surface area contributed by atoms with Gasteiger partial charge in [-0.15, -0.1) is 10.2 Å². The summed E-state index contributed by atoms with van der Waals surface area (Å²) in [4.78, 5) is 22.9. The minimum Gasteiger partial charge on any atom is -0.387 e. The number of fused-ring (bicyclic) bond motifs is 5. The molecule has 0 unspecified atom stereocenters. The minimum absolute atomic E-state index is 0.0983. The van der Waals surface area contributed by atoms with Crippen molar-refractivity contribution in [2.24, 2.45) is 0 Å². The Morgan fingerprint density at radius 2 is 1.91 bits per heavy atom. The van der Waals surface area contributed by atoms with E-state index in [1.54, 1.807) is 0 Å². The first-order valence-electron chi connectivity index (χ1n) is 11.7. The van der Waals surface area contributed by atoms with Crippen LogP contribution in [0, 0.1) is 0 Å². The lowest BCUT2D eigenvalue weighted by Gasteiger charge is -2.22. The topological polar surface area (TPSA) is 90.7 Å². The summed E-state index contributed by atoms with van der Waals surface area (Å²) in [5.74, 6) is 0.741. The summed E-state index contributed by atoms with van der Waals surface area (Å²) in [6.45, 7) is 3.90. The Morgan fingerprint density at radius 3 is 2.73 bits per heavy atom. The van der Waals surface area contributed by atoms with Crippen LogP contribution in [-0.2, 0) is 0 Å². The van der Waals surface area contributed by atoms with E-state index < -0.39 is 0 Å². The normalized spacial score (nSPS) is 17.6. The second kappa shape index (κ2) is 7.84. The SMILES string of the molecule is CNc1c(C(=O)NC2CC2)c2nc3ccccc3n2c2nnc(N3CCCN(C)CC3)cc12. The van der Waals surface area contributed by atoms with Crippen molar-refractivity contribution < 1.29 is 4.79 Å². The number of pyridine rings is 1. The van der Waals surface area contributed by atoms with E-state index in [2.05, 4.69) is 43.7 Å². The number of rotatable bonds is 4. The van der Waals surface area contributed by atoms with E-state index in [1.807, 2.05) is 35.7 Å². The van der Waals surface area contributed by atoms with E-state index in [-0.39, 0.29) is 11.9 Å². The maximum Gasteiger partial charge on any atom is 0.257 e. The zero-order chi connectivity index (χ0) is 22.5. The number of likely N-dealkylation sites (N-methyl/N-ethyl adjacent to an activating group) is 1. The van der Waals surface area contributed by atoms with Crippen molar-refractivity contribution in [2.45, 2.75) is 25.3 Å². The molecule has 4 aromatic rings. The van der Waals surface area contributed by atoms with Crippen molar-refractivity contribution in [2.75, 3.05) is 50.5 Å². The number of para-hydroxylation sites is 2. The molecule has 0 bridgehead atoms. The van der Waals surface area contributed by atoms with Gasteiger partial charge in [0.25, 0.3) is 5.91 Å². The van der Waals surface area contributed by atoms with Gasteiger partial charge in [0.1, 0.15) is 5.56 Å². The van der Waals surface area contributed by atoms with Gasteiger partial charge < -0.3 is 20.4 Å². The molecule has 3 aromatic heterocycles. The molecule has 0 radical (unpaired) electrons. The van der Waals surface area contributed by atoms with Crippen LogP contribution in [0.1, 0.15) is 29.6 Å². The van der Waals surface area contributed by atoms with E-state index >= 15 is 0 Å². The van der Waals surface area contributed by atoms with Crippen LogP contribution in [0.25, 0.3) is 27.7 Å². The highest BCUT2D eigenvalue weighted by Crippen LogP contribution is 2.34. The fraction of sp³-hybridized carbons (Fsp3) is 0.417. The monoisotopic (exact) mass is 444 g/mol. The summed E-state index contributed by atoms with van der Waals surface area (Å²) < 4.78 is 1.97. The fourth-order valence-electron chi connectivity index (χ4n) is 4.77. The quantitative estimate of drug-likeness (QED) is 0.500. The first kappa shape index (κ1) is 20.2. The number of nitrogens with one attached hydrogen (secondary N) is 2. The molecule has 2 aliphatic rings. The van der Waals surface area contributed by atoms with Crippen LogP contribution in [0.3, 0.4) is 0 Å². The van der Waals surface area contributed by atoms with E-state index in [0.717, 1.165) is 73.4 Å². The lowest BCUT2D eigenvalue weighted by Crippen LogP contribution is -2.29. The number of carbonyl (C=O) groups excluding carboxylic acids is 1. The molecule has 1 saturated heterocycles. The molecule has 1 aliphatic carbocycles. The second-order valence-electron chi connectivity index (χ2n) is 9.09. The molecule has 33 heavy (non-hydrogen) atoms. The van der Waals surface area contributed by atoms with Crippen molar-refractivity contribution in [3.8, 4) is 0 Å². The van der Waals surface area contributed by atoms with Gasteiger partial charge in [0, 0.05) is 38.1 Å². The first-order valence-corrected chi connectivity index (χ1v) is 11.7. The molecular formula is C24H28N8O. The molecule has 0 spiro atoms. The third-order valence-corrected chi connectivity index (χ3v) is 6.71. The van der Waals surface area contributed by atoms with Crippen molar-refractivity contribution in [1.82, 2.24) is 29.8 Å². The van der Waals surface area contributed by atoms with Crippen molar-refractivity contribution >= 4 is 45.1 Å². The summed E-state index contributed by atoms with van der Waals surface area (Å²) in [7, 11) is 4.00. The zero-order valence-electron chi connectivity index (χ0n) is 19.0. The third kappa shape index (κ3) is 3.43. The van der Waals surface area contributed by atoms with Gasteiger partial charge in [-0.25, -0.2) is 4.98 Å². The van der Waals surface area contributed by atoms with Crippen LogP contribution in [0.15, 0.2) is 30.3 Å². The van der Waals surface area contributed by atoms with Gasteiger partial charge in [-0.3, -0.25) is 9.20 Å². The lowest BCUT2D eigenvalue weighted by molar-refractivity contribution is 0.0953. The summed E-state index contributed by atoms with van der Waals surface area (Å²) in [5, 5.41) is 16.6. The van der Waals surface area contributed by atoms with Crippen molar-refractivity contribution in [1.29, 1.82) is 0 Å². The molecule has 1 saturated carbocycles. The maximum atomic E-state index is 13.4. The van der Waals surface area contributed by atoms with Gasteiger partial charge in [0.2, 0.25) is 0 Å². The number of aromatic nitrogens is 4. The highest BCUT2D eigenvalue weighted by atomic mass is 16.1. The summed E-state index contributed by atoms with van der Waals surface area (Å²) in [6.07, 6.45) is 3.13. The molecule has 1 aliphatic heterocycles. The number of amides is 1. The Hall–Kier alpha value is -3.46. The number of anilines is 2. The molecule has 9 nitrogen and oxygen atoms in total. The number of imidazole rings is 1. The first-order chi connectivity index (χ1) is 16.1. The van der Waals surface area contributed by atoms with Crippen LogP contribution in [0.2, 0.25) is 0 Å². The fourth-order valence-corrected chi connectivity index (χ4v) is 4.77. The number of hydrogen-bond donors (Lipinski definition) is 2. The molecule has 1 amide bonds. The van der Waals surface area contributed by atoms with Crippen LogP contribution in [0.4, 0.5) is 11.5 Å². The smallest absolute Gasteiger partial charge is 0.257 e. The molecule has 4 heterocycles. The van der Waals surface area contributed by atoms with Gasteiger partial charge in [-0.2, -0.15) is 0 Å². The molecule has 1 aromatic carbocycles. The van der Waals surface area contributed by atoms with Crippen LogP contribution >= 0.6 is 0 Å². The second-order valence-corrected chi connectivity index (χ2v) is 9.09. The highest BCUT2D eigenvalue weighted by Gasteiger charge is 2.29. The Morgan fingerprint density at radius 1 is 1.06 bits per heavy atom. The lowest BCUT2D eigenvalue weighted by atomic mass is 10.1. The largest absolute Gasteiger partial charge is 0.387 e. The maximum absolute atomic E-state index is 13.4. The number of benzene rings is 1. The molecule has 2 N–H and O–H groups in total. The minimum atomic E-state index is -0.0983. The summed E-state index contributed by atoms with van der Waals surface area (Å²) in [5.41, 5.74) is 4.34.